The molecule has 0 aliphatic rings. The van der Waals surface area contributed by atoms with Crippen molar-refractivity contribution in [2.45, 2.75) is 6.61 Å². The minimum absolute atomic E-state index is 0.134. The molecule has 35 heavy (non-hydrogen) atoms. The number of sulfone groups is 1. The molecule has 0 saturated carbocycles. The van der Waals surface area contributed by atoms with Gasteiger partial charge in [-0.3, -0.25) is 0 Å². The fourth-order valence-corrected chi connectivity index (χ4v) is 3.97. The lowest BCUT2D eigenvalue weighted by molar-refractivity contribution is 0.306. The van der Waals surface area contributed by atoms with E-state index < -0.39 is 9.84 Å². The Morgan fingerprint density at radius 3 is 2.40 bits per heavy atom. The summed E-state index contributed by atoms with van der Waals surface area (Å²) < 4.78 is 28.3. The lowest BCUT2D eigenvalue weighted by atomic mass is 10.2. The van der Waals surface area contributed by atoms with Gasteiger partial charge in [-0.15, -0.1) is 0 Å². The van der Waals surface area contributed by atoms with Crippen LogP contribution in [0, 0.1) is 0 Å². The van der Waals surface area contributed by atoms with Crippen molar-refractivity contribution in [1.82, 2.24) is 15.3 Å². The van der Waals surface area contributed by atoms with E-state index in [0.29, 0.717) is 32.1 Å². The molecule has 0 aliphatic carbocycles. The van der Waals surface area contributed by atoms with Crippen molar-refractivity contribution in [1.29, 1.82) is 0 Å². The first kappa shape index (κ1) is 24.4. The van der Waals surface area contributed by atoms with Gasteiger partial charge >= 0.3 is 0 Å². The first-order valence-electron chi connectivity index (χ1n) is 11.4. The molecule has 8 nitrogen and oxygen atoms in total. The molecule has 9 heteroatoms. The zero-order chi connectivity index (χ0) is 24.5. The molecule has 0 fully saturated rings. The van der Waals surface area contributed by atoms with Crippen LogP contribution in [0.4, 0.5) is 17.2 Å². The van der Waals surface area contributed by atoms with Crippen LogP contribution in [-0.2, 0) is 16.4 Å². The smallest absolute Gasteiger partial charge is 0.148 e. The molecule has 3 N–H and O–H groups in total. The number of anilines is 3. The van der Waals surface area contributed by atoms with E-state index in [1.165, 1.54) is 6.26 Å². The van der Waals surface area contributed by atoms with E-state index in [0.717, 1.165) is 33.6 Å². The van der Waals surface area contributed by atoms with E-state index in [4.69, 9.17) is 4.74 Å². The van der Waals surface area contributed by atoms with Gasteiger partial charge in [-0.1, -0.05) is 30.3 Å². The maximum absolute atomic E-state index is 11.2. The number of hydrogen-bond donors (Lipinski definition) is 3. The second-order valence-corrected chi connectivity index (χ2v) is 10.4. The van der Waals surface area contributed by atoms with Gasteiger partial charge in [0.1, 0.15) is 34.3 Å². The number of rotatable bonds is 12. The van der Waals surface area contributed by atoms with Crippen LogP contribution in [0.5, 0.6) is 5.75 Å². The standard InChI is InChI=1S/C26H29N5O3S/c1-35(32,33)16-15-27-13-14-28-22-9-12-25-24(17-22)26(30-19-29-25)31-21-7-10-23(11-8-21)34-18-20-5-3-2-4-6-20/h2-12,17,19,27-28H,13-16,18H2,1H3,(H,29,30,31). The lowest BCUT2D eigenvalue weighted by Gasteiger charge is -2.12. The van der Waals surface area contributed by atoms with Crippen molar-refractivity contribution in [2.75, 3.05) is 42.3 Å². The van der Waals surface area contributed by atoms with E-state index in [9.17, 15) is 8.42 Å². The van der Waals surface area contributed by atoms with E-state index in [1.807, 2.05) is 72.8 Å². The molecule has 0 atom stereocenters. The summed E-state index contributed by atoms with van der Waals surface area (Å²) in [5.41, 5.74) is 3.79. The molecule has 0 saturated heterocycles. The average molecular weight is 492 g/mol. The monoisotopic (exact) mass is 491 g/mol. The molecular weight excluding hydrogens is 462 g/mol. The number of fused-ring (bicyclic) bond motifs is 1. The van der Waals surface area contributed by atoms with E-state index in [2.05, 4.69) is 25.9 Å². The summed E-state index contributed by atoms with van der Waals surface area (Å²) in [4.78, 5) is 8.80. The fourth-order valence-electron chi connectivity index (χ4n) is 3.46. The van der Waals surface area contributed by atoms with Gasteiger partial charge in [0.05, 0.1) is 11.3 Å². The van der Waals surface area contributed by atoms with Crippen LogP contribution < -0.4 is 20.7 Å². The normalized spacial score (nSPS) is 11.3. The van der Waals surface area contributed by atoms with Gasteiger partial charge in [0.15, 0.2) is 0 Å². The Bertz CT molecular complexity index is 1350. The van der Waals surface area contributed by atoms with Crippen molar-refractivity contribution in [3.8, 4) is 5.75 Å². The maximum atomic E-state index is 11.2. The number of benzene rings is 3. The Labute approximate surface area is 205 Å². The molecule has 182 valence electrons. The van der Waals surface area contributed by atoms with Crippen molar-refractivity contribution in [3.05, 3.63) is 84.7 Å². The van der Waals surface area contributed by atoms with Gasteiger partial charge in [0.2, 0.25) is 0 Å². The average Bonchev–Trinajstić information content (AvgIpc) is 2.86. The first-order valence-corrected chi connectivity index (χ1v) is 13.4. The van der Waals surface area contributed by atoms with Gasteiger partial charge in [-0.2, -0.15) is 0 Å². The molecule has 0 bridgehead atoms. The number of ether oxygens (including phenoxy) is 1. The number of nitrogens with zero attached hydrogens (tertiary/aromatic N) is 2. The molecule has 0 spiro atoms. The second kappa shape index (κ2) is 11.6. The van der Waals surface area contributed by atoms with Gasteiger partial charge in [0, 0.05) is 42.7 Å². The minimum atomic E-state index is -2.95. The van der Waals surface area contributed by atoms with Crippen molar-refractivity contribution >= 4 is 37.9 Å². The van der Waals surface area contributed by atoms with Crippen LogP contribution in [0.15, 0.2) is 79.1 Å². The van der Waals surface area contributed by atoms with Crippen LogP contribution in [0.1, 0.15) is 5.56 Å². The molecule has 4 rings (SSSR count). The number of aromatic nitrogens is 2. The molecule has 0 unspecified atom stereocenters. The van der Waals surface area contributed by atoms with Gasteiger partial charge in [0.25, 0.3) is 0 Å². The third kappa shape index (κ3) is 7.66. The van der Waals surface area contributed by atoms with E-state index >= 15 is 0 Å². The Balaban J connectivity index is 1.35. The van der Waals surface area contributed by atoms with Gasteiger partial charge < -0.3 is 20.7 Å². The van der Waals surface area contributed by atoms with Crippen LogP contribution in [0.3, 0.4) is 0 Å². The summed E-state index contributed by atoms with van der Waals surface area (Å²) in [6.07, 6.45) is 2.78. The molecule has 3 aromatic carbocycles. The molecule has 0 radical (unpaired) electrons. The largest absolute Gasteiger partial charge is 0.489 e. The molecule has 1 heterocycles. The maximum Gasteiger partial charge on any atom is 0.148 e. The highest BCUT2D eigenvalue weighted by Gasteiger charge is 2.07. The Morgan fingerprint density at radius 2 is 1.63 bits per heavy atom. The fraction of sp³-hybridized carbons (Fsp3) is 0.231. The van der Waals surface area contributed by atoms with Gasteiger partial charge in [-0.25, -0.2) is 18.4 Å². The highest BCUT2D eigenvalue weighted by molar-refractivity contribution is 7.90. The number of hydrogen-bond acceptors (Lipinski definition) is 8. The van der Waals surface area contributed by atoms with Crippen LogP contribution in [0.2, 0.25) is 0 Å². The van der Waals surface area contributed by atoms with E-state index in [1.54, 1.807) is 6.33 Å². The van der Waals surface area contributed by atoms with E-state index in [-0.39, 0.29) is 5.75 Å². The van der Waals surface area contributed by atoms with Crippen LogP contribution >= 0.6 is 0 Å². The summed E-state index contributed by atoms with van der Waals surface area (Å²) in [5.74, 6) is 1.64. The Hall–Kier alpha value is -3.69. The summed E-state index contributed by atoms with van der Waals surface area (Å²) in [6, 6.07) is 23.7. The lowest BCUT2D eigenvalue weighted by Crippen LogP contribution is -2.27. The highest BCUT2D eigenvalue weighted by atomic mass is 32.2. The summed E-state index contributed by atoms with van der Waals surface area (Å²) in [6.45, 7) is 2.28. The first-order chi connectivity index (χ1) is 17.0. The summed E-state index contributed by atoms with van der Waals surface area (Å²) >= 11 is 0. The third-order valence-corrected chi connectivity index (χ3v) is 6.23. The minimum Gasteiger partial charge on any atom is -0.489 e. The molecule has 0 aliphatic heterocycles. The zero-order valence-corrected chi connectivity index (χ0v) is 20.4. The Morgan fingerprint density at radius 1 is 0.857 bits per heavy atom. The Kier molecular flexibility index (Phi) is 8.12. The number of nitrogens with one attached hydrogen (secondary N) is 3. The van der Waals surface area contributed by atoms with Crippen molar-refractivity contribution in [2.24, 2.45) is 0 Å². The topological polar surface area (TPSA) is 105 Å². The molecule has 4 aromatic rings. The van der Waals surface area contributed by atoms with Gasteiger partial charge in [-0.05, 0) is 48.0 Å². The quantitative estimate of drug-likeness (QED) is 0.256. The van der Waals surface area contributed by atoms with Crippen LogP contribution in [-0.4, -0.2) is 50.0 Å². The molecule has 0 amide bonds. The van der Waals surface area contributed by atoms with Crippen LogP contribution in [0.25, 0.3) is 10.9 Å². The SMILES string of the molecule is CS(=O)(=O)CCNCCNc1ccc2ncnc(Nc3ccc(OCc4ccccc4)cc3)c2c1. The van der Waals surface area contributed by atoms with Crippen molar-refractivity contribution < 1.29 is 13.2 Å². The predicted octanol–water partition coefficient (Wildman–Crippen LogP) is 4.00. The highest BCUT2D eigenvalue weighted by Crippen LogP contribution is 2.26. The summed E-state index contributed by atoms with van der Waals surface area (Å²) in [7, 11) is -2.95. The predicted molar refractivity (Wildman–Crippen MR) is 141 cm³/mol. The third-order valence-electron chi connectivity index (χ3n) is 5.28. The summed E-state index contributed by atoms with van der Waals surface area (Å²) in [5, 5.41) is 10.7. The zero-order valence-electron chi connectivity index (χ0n) is 19.6. The molecular formula is C26H29N5O3S. The second-order valence-electron chi connectivity index (χ2n) is 8.18. The van der Waals surface area contributed by atoms with Crippen molar-refractivity contribution in [3.63, 3.8) is 0 Å². The molecule has 1 aromatic heterocycles.